The lowest BCUT2D eigenvalue weighted by molar-refractivity contribution is -0.132. The molecule has 3 aromatic carbocycles. The van der Waals surface area contributed by atoms with Gasteiger partial charge in [-0.3, -0.25) is 9.59 Å². The van der Waals surface area contributed by atoms with Gasteiger partial charge in [0.1, 0.15) is 23.6 Å². The van der Waals surface area contributed by atoms with Crippen molar-refractivity contribution in [2.75, 3.05) is 5.32 Å². The molecule has 1 saturated carbocycles. The van der Waals surface area contributed by atoms with Crippen LogP contribution in [0.4, 0.5) is 10.1 Å². The minimum Gasteiger partial charge on any atom is -0.489 e. The monoisotopic (exact) mass is 404 g/mol. The van der Waals surface area contributed by atoms with Gasteiger partial charge in [0.15, 0.2) is 0 Å². The Morgan fingerprint density at radius 2 is 1.67 bits per heavy atom. The van der Waals surface area contributed by atoms with E-state index < -0.39 is 23.0 Å². The summed E-state index contributed by atoms with van der Waals surface area (Å²) in [7, 11) is 0. The fourth-order valence-electron chi connectivity index (χ4n) is 3.61. The molecule has 4 rings (SSSR count). The number of amides is 2. The van der Waals surface area contributed by atoms with Crippen LogP contribution in [0.1, 0.15) is 23.5 Å². The Hall–Kier alpha value is -3.67. The van der Waals surface area contributed by atoms with Gasteiger partial charge in [0.25, 0.3) is 0 Å². The summed E-state index contributed by atoms with van der Waals surface area (Å²) in [5.74, 6) is -1.16. The van der Waals surface area contributed by atoms with Crippen LogP contribution in [0.15, 0.2) is 78.9 Å². The highest BCUT2D eigenvalue weighted by Gasteiger charge is 2.65. The van der Waals surface area contributed by atoms with Crippen molar-refractivity contribution in [2.45, 2.75) is 18.9 Å². The maximum atomic E-state index is 13.1. The zero-order valence-corrected chi connectivity index (χ0v) is 16.2. The molecule has 6 heteroatoms. The van der Waals surface area contributed by atoms with Crippen LogP contribution in [0.5, 0.6) is 5.75 Å². The smallest absolute Gasteiger partial charge is 0.240 e. The number of benzene rings is 3. The summed E-state index contributed by atoms with van der Waals surface area (Å²) in [5, 5.41) is 2.67. The fourth-order valence-corrected chi connectivity index (χ4v) is 3.61. The van der Waals surface area contributed by atoms with Crippen molar-refractivity contribution in [3.63, 3.8) is 0 Å². The molecule has 0 saturated heterocycles. The number of nitrogens with one attached hydrogen (secondary N) is 1. The van der Waals surface area contributed by atoms with Gasteiger partial charge in [-0.25, -0.2) is 4.39 Å². The number of primary amides is 1. The number of anilines is 1. The van der Waals surface area contributed by atoms with Crippen LogP contribution in [0.2, 0.25) is 0 Å². The third-order valence-corrected chi connectivity index (χ3v) is 5.44. The van der Waals surface area contributed by atoms with Crippen molar-refractivity contribution in [1.29, 1.82) is 0 Å². The summed E-state index contributed by atoms with van der Waals surface area (Å²) in [6.45, 7) is 0.453. The molecule has 2 amide bonds. The van der Waals surface area contributed by atoms with Gasteiger partial charge in [-0.15, -0.1) is 0 Å². The van der Waals surface area contributed by atoms with E-state index in [0.29, 0.717) is 24.5 Å². The highest BCUT2D eigenvalue weighted by molar-refractivity contribution is 6.14. The zero-order chi connectivity index (χ0) is 21.1. The molecule has 3 N–H and O–H groups in total. The van der Waals surface area contributed by atoms with Gasteiger partial charge in [-0.2, -0.15) is 0 Å². The van der Waals surface area contributed by atoms with Crippen LogP contribution in [0.25, 0.3) is 0 Å². The van der Waals surface area contributed by atoms with Crippen molar-refractivity contribution in [1.82, 2.24) is 0 Å². The average Bonchev–Trinajstić information content (AvgIpc) is 3.52. The van der Waals surface area contributed by atoms with Gasteiger partial charge in [-0.1, -0.05) is 42.5 Å². The van der Waals surface area contributed by atoms with E-state index >= 15 is 0 Å². The molecule has 0 bridgehead atoms. The number of carbonyl (C=O) groups excluding carboxylic acids is 2. The predicted molar refractivity (Wildman–Crippen MR) is 111 cm³/mol. The summed E-state index contributed by atoms with van der Waals surface area (Å²) in [5.41, 5.74) is 6.61. The third-order valence-electron chi connectivity index (χ3n) is 5.44. The number of rotatable bonds is 7. The molecule has 1 fully saturated rings. The first-order valence-corrected chi connectivity index (χ1v) is 9.62. The Bertz CT molecular complexity index is 1050. The fraction of sp³-hybridized carbons (Fsp3) is 0.167. The van der Waals surface area contributed by atoms with Gasteiger partial charge >= 0.3 is 0 Å². The standard InChI is InChI=1S/C24H21FN2O3/c25-18-8-10-19(11-9-18)27-23(29)24(22(26)28)14-21(24)17-6-12-20(13-7-17)30-15-16-4-2-1-3-5-16/h1-13,21H,14-15H2,(H2,26,28)(H,27,29). The molecule has 5 nitrogen and oxygen atoms in total. The lowest BCUT2D eigenvalue weighted by Crippen LogP contribution is -2.37. The number of hydrogen-bond acceptors (Lipinski definition) is 3. The Labute approximate surface area is 173 Å². The van der Waals surface area contributed by atoms with Crippen molar-refractivity contribution >= 4 is 17.5 Å². The molecule has 0 aromatic heterocycles. The molecule has 1 aliphatic carbocycles. The zero-order valence-electron chi connectivity index (χ0n) is 16.2. The molecule has 1 aliphatic rings. The summed E-state index contributed by atoms with van der Waals surface area (Å²) >= 11 is 0. The second kappa shape index (κ2) is 7.99. The Morgan fingerprint density at radius 3 is 2.30 bits per heavy atom. The molecule has 0 heterocycles. The lowest BCUT2D eigenvalue weighted by atomic mass is 9.97. The Morgan fingerprint density at radius 1 is 1.00 bits per heavy atom. The molecule has 2 atom stereocenters. The largest absolute Gasteiger partial charge is 0.489 e. The van der Waals surface area contributed by atoms with E-state index in [0.717, 1.165) is 11.1 Å². The van der Waals surface area contributed by atoms with Crippen molar-refractivity contribution in [2.24, 2.45) is 11.1 Å². The third kappa shape index (κ3) is 3.89. The molecule has 2 unspecified atom stereocenters. The first-order valence-electron chi connectivity index (χ1n) is 9.62. The van der Waals surface area contributed by atoms with Crippen LogP contribution in [-0.4, -0.2) is 11.8 Å². The summed E-state index contributed by atoms with van der Waals surface area (Å²) in [4.78, 5) is 25.0. The molecule has 3 aromatic rings. The van der Waals surface area contributed by atoms with Gasteiger partial charge in [0.2, 0.25) is 11.8 Å². The first kappa shape index (κ1) is 19.6. The molecular formula is C24H21FN2O3. The van der Waals surface area contributed by atoms with E-state index in [1.54, 1.807) is 0 Å². The highest BCUT2D eigenvalue weighted by atomic mass is 19.1. The van der Waals surface area contributed by atoms with Crippen LogP contribution in [0, 0.1) is 11.2 Å². The number of hydrogen-bond donors (Lipinski definition) is 2. The van der Waals surface area contributed by atoms with E-state index in [9.17, 15) is 14.0 Å². The van der Waals surface area contributed by atoms with Crippen molar-refractivity contribution in [3.05, 3.63) is 95.8 Å². The number of nitrogens with two attached hydrogens (primary N) is 1. The predicted octanol–water partition coefficient (Wildman–Crippen LogP) is 4.00. The maximum absolute atomic E-state index is 13.1. The summed E-state index contributed by atoms with van der Waals surface area (Å²) in [6, 6.07) is 22.5. The minimum absolute atomic E-state index is 0.307. The van der Waals surface area contributed by atoms with Gasteiger partial charge in [-0.05, 0) is 53.9 Å². The van der Waals surface area contributed by atoms with Gasteiger partial charge in [0, 0.05) is 11.6 Å². The highest BCUT2D eigenvalue weighted by Crippen LogP contribution is 2.59. The van der Waals surface area contributed by atoms with E-state index in [-0.39, 0.29) is 5.92 Å². The van der Waals surface area contributed by atoms with E-state index in [1.807, 2.05) is 54.6 Å². The lowest BCUT2D eigenvalue weighted by Gasteiger charge is -2.14. The average molecular weight is 404 g/mol. The second-order valence-corrected chi connectivity index (χ2v) is 7.40. The van der Waals surface area contributed by atoms with Gasteiger partial charge in [0.05, 0.1) is 0 Å². The molecular weight excluding hydrogens is 383 g/mol. The topological polar surface area (TPSA) is 81.4 Å². The van der Waals surface area contributed by atoms with Crippen molar-refractivity contribution < 1.29 is 18.7 Å². The molecule has 0 spiro atoms. The molecule has 0 aliphatic heterocycles. The van der Waals surface area contributed by atoms with E-state index in [2.05, 4.69) is 5.32 Å². The number of carbonyl (C=O) groups is 2. The van der Waals surface area contributed by atoms with E-state index in [4.69, 9.17) is 10.5 Å². The Kier molecular flexibility index (Phi) is 5.23. The van der Waals surface area contributed by atoms with Gasteiger partial charge < -0.3 is 15.8 Å². The summed E-state index contributed by atoms with van der Waals surface area (Å²) in [6.07, 6.45) is 0.333. The van der Waals surface area contributed by atoms with Crippen LogP contribution >= 0.6 is 0 Å². The second-order valence-electron chi connectivity index (χ2n) is 7.40. The minimum atomic E-state index is -1.30. The molecule has 0 radical (unpaired) electrons. The van der Waals surface area contributed by atoms with E-state index in [1.165, 1.54) is 24.3 Å². The maximum Gasteiger partial charge on any atom is 0.240 e. The quantitative estimate of drug-likeness (QED) is 0.584. The van der Waals surface area contributed by atoms with Crippen molar-refractivity contribution in [3.8, 4) is 5.75 Å². The molecule has 30 heavy (non-hydrogen) atoms. The number of halogens is 1. The number of ether oxygens (including phenoxy) is 1. The normalized spacial score (nSPS) is 19.7. The van der Waals surface area contributed by atoms with Crippen LogP contribution in [0.3, 0.4) is 0 Å². The SMILES string of the molecule is NC(=O)C1(C(=O)Nc2ccc(F)cc2)CC1c1ccc(OCc2ccccc2)cc1. The summed E-state index contributed by atoms with van der Waals surface area (Å²) < 4.78 is 18.9. The van der Waals surface area contributed by atoms with Crippen LogP contribution in [-0.2, 0) is 16.2 Å². The Balaban J connectivity index is 1.43. The first-order chi connectivity index (χ1) is 14.5. The van der Waals surface area contributed by atoms with Crippen LogP contribution < -0.4 is 15.8 Å². The molecule has 152 valence electrons.